The van der Waals surface area contributed by atoms with Crippen molar-refractivity contribution in [1.82, 2.24) is 5.32 Å². The predicted molar refractivity (Wildman–Crippen MR) is 137 cm³/mol. The average Bonchev–Trinajstić information content (AvgIpc) is 2.82. The van der Waals surface area contributed by atoms with Gasteiger partial charge in [-0.05, 0) is 54.0 Å². The summed E-state index contributed by atoms with van der Waals surface area (Å²) in [6.07, 6.45) is 2.11. The number of para-hydroxylation sites is 1. The number of rotatable bonds is 6. The molecule has 1 aliphatic heterocycles. The molecule has 6 nitrogen and oxygen atoms in total. The summed E-state index contributed by atoms with van der Waals surface area (Å²) < 4.78 is 7.76. The van der Waals surface area contributed by atoms with Crippen molar-refractivity contribution in [1.29, 1.82) is 0 Å². The number of ether oxygens (including phenoxy) is 1. The zero-order chi connectivity index (χ0) is 24.2. The van der Waals surface area contributed by atoms with Crippen molar-refractivity contribution in [3.8, 4) is 5.75 Å². The van der Waals surface area contributed by atoms with E-state index in [1.807, 2.05) is 37.3 Å². The molecular formula is C26H20Br2N2O4. The third kappa shape index (κ3) is 5.13. The molecule has 4 amide bonds. The molecule has 4 rings (SSSR count). The van der Waals surface area contributed by atoms with E-state index in [0.717, 1.165) is 25.0 Å². The van der Waals surface area contributed by atoms with Crippen LogP contribution in [-0.4, -0.2) is 17.8 Å². The van der Waals surface area contributed by atoms with Gasteiger partial charge >= 0.3 is 6.03 Å². The maximum atomic E-state index is 13.1. The van der Waals surface area contributed by atoms with E-state index in [1.54, 1.807) is 36.4 Å². The van der Waals surface area contributed by atoms with Crippen LogP contribution >= 0.6 is 31.9 Å². The number of anilines is 1. The van der Waals surface area contributed by atoms with Gasteiger partial charge in [-0.2, -0.15) is 0 Å². The Morgan fingerprint density at radius 2 is 1.68 bits per heavy atom. The van der Waals surface area contributed by atoms with Crippen LogP contribution in [0.2, 0.25) is 0 Å². The van der Waals surface area contributed by atoms with Gasteiger partial charge in [-0.3, -0.25) is 14.9 Å². The number of nitrogens with one attached hydrogen (secondary N) is 1. The Labute approximate surface area is 213 Å². The van der Waals surface area contributed by atoms with E-state index < -0.39 is 17.8 Å². The van der Waals surface area contributed by atoms with Crippen molar-refractivity contribution in [2.45, 2.75) is 20.0 Å². The zero-order valence-corrected chi connectivity index (χ0v) is 21.4. The fourth-order valence-corrected chi connectivity index (χ4v) is 4.69. The quantitative estimate of drug-likeness (QED) is 0.284. The molecular weight excluding hydrogens is 564 g/mol. The van der Waals surface area contributed by atoms with E-state index in [4.69, 9.17) is 4.74 Å². The second-order valence-corrected chi connectivity index (χ2v) is 9.30. The number of hydrogen-bond donors (Lipinski definition) is 1. The molecule has 0 saturated carbocycles. The Hall–Kier alpha value is -3.23. The van der Waals surface area contributed by atoms with Crippen LogP contribution < -0.4 is 15.0 Å². The molecule has 1 heterocycles. The smallest absolute Gasteiger partial charge is 0.335 e. The number of carbonyl (C=O) groups is 3. The number of hydrogen-bond acceptors (Lipinski definition) is 4. The summed E-state index contributed by atoms with van der Waals surface area (Å²) in [5.74, 6) is -0.735. The molecule has 34 heavy (non-hydrogen) atoms. The highest BCUT2D eigenvalue weighted by Crippen LogP contribution is 2.27. The molecule has 3 aromatic rings. The molecule has 0 unspecified atom stereocenters. The Balaban J connectivity index is 1.53. The number of urea groups is 1. The van der Waals surface area contributed by atoms with Crippen molar-refractivity contribution in [2.24, 2.45) is 0 Å². The van der Waals surface area contributed by atoms with Crippen LogP contribution in [0.25, 0.3) is 6.08 Å². The van der Waals surface area contributed by atoms with E-state index in [9.17, 15) is 14.4 Å². The van der Waals surface area contributed by atoms with Crippen LogP contribution in [0.1, 0.15) is 23.6 Å². The number of amides is 4. The summed E-state index contributed by atoms with van der Waals surface area (Å²) in [6.45, 7) is 2.31. The Kier molecular flexibility index (Phi) is 7.29. The first-order valence-corrected chi connectivity index (χ1v) is 12.1. The molecule has 0 aliphatic carbocycles. The lowest BCUT2D eigenvalue weighted by Crippen LogP contribution is -2.54. The highest BCUT2D eigenvalue weighted by Gasteiger charge is 2.37. The van der Waals surface area contributed by atoms with Crippen LogP contribution in [0.3, 0.4) is 0 Å². The Morgan fingerprint density at radius 1 is 0.941 bits per heavy atom. The van der Waals surface area contributed by atoms with Crippen molar-refractivity contribution in [3.05, 3.63) is 97.9 Å². The van der Waals surface area contributed by atoms with Crippen LogP contribution in [0.15, 0.2) is 81.2 Å². The normalized spacial score (nSPS) is 15.0. The number of barbiturate groups is 1. The lowest BCUT2D eigenvalue weighted by molar-refractivity contribution is -0.122. The van der Waals surface area contributed by atoms with Crippen LogP contribution in [-0.2, 0) is 22.6 Å². The van der Waals surface area contributed by atoms with Crippen molar-refractivity contribution in [3.63, 3.8) is 0 Å². The summed E-state index contributed by atoms with van der Waals surface area (Å²) in [4.78, 5) is 39.1. The second-order valence-electron chi connectivity index (χ2n) is 7.53. The molecule has 0 radical (unpaired) electrons. The maximum Gasteiger partial charge on any atom is 0.335 e. The second kappa shape index (κ2) is 10.4. The molecule has 3 aromatic carbocycles. The number of nitrogens with zero attached hydrogens (tertiary/aromatic N) is 1. The number of imide groups is 2. The molecule has 0 atom stereocenters. The van der Waals surface area contributed by atoms with E-state index in [1.165, 1.54) is 6.08 Å². The van der Waals surface area contributed by atoms with Crippen LogP contribution in [0.5, 0.6) is 5.75 Å². The topological polar surface area (TPSA) is 75.7 Å². The van der Waals surface area contributed by atoms with Crippen LogP contribution in [0.4, 0.5) is 10.5 Å². The molecule has 1 aliphatic rings. The minimum Gasteiger partial charge on any atom is -0.489 e. The highest BCUT2D eigenvalue weighted by molar-refractivity contribution is 9.11. The van der Waals surface area contributed by atoms with Gasteiger partial charge in [-0.25, -0.2) is 9.69 Å². The first-order chi connectivity index (χ1) is 16.4. The monoisotopic (exact) mass is 582 g/mol. The maximum absolute atomic E-state index is 13.1. The SMILES string of the molecule is CCc1ccccc1N1C(=O)NC(=O)/C(=C\c2ccc(OCc3ccc(Br)cc3Br)cc2)C1=O. The summed E-state index contributed by atoms with van der Waals surface area (Å²) in [6, 6.07) is 19.3. The lowest BCUT2D eigenvalue weighted by Gasteiger charge is -2.27. The third-order valence-corrected chi connectivity index (χ3v) is 6.55. The van der Waals surface area contributed by atoms with Gasteiger partial charge in [-0.1, -0.05) is 75.2 Å². The van der Waals surface area contributed by atoms with Crippen molar-refractivity contribution >= 4 is 61.5 Å². The van der Waals surface area contributed by atoms with E-state index in [-0.39, 0.29) is 5.57 Å². The van der Waals surface area contributed by atoms with Gasteiger partial charge in [0.1, 0.15) is 17.9 Å². The fraction of sp³-hybridized carbons (Fsp3) is 0.115. The summed E-state index contributed by atoms with van der Waals surface area (Å²) in [5.41, 5.74) is 2.81. The summed E-state index contributed by atoms with van der Waals surface area (Å²) in [5, 5.41) is 2.27. The fourth-order valence-electron chi connectivity index (χ4n) is 3.53. The lowest BCUT2D eigenvalue weighted by atomic mass is 10.0. The van der Waals surface area contributed by atoms with E-state index in [2.05, 4.69) is 37.2 Å². The van der Waals surface area contributed by atoms with Crippen LogP contribution in [0, 0.1) is 0 Å². The molecule has 0 bridgehead atoms. The number of benzene rings is 3. The van der Waals surface area contributed by atoms with E-state index >= 15 is 0 Å². The molecule has 0 spiro atoms. The highest BCUT2D eigenvalue weighted by atomic mass is 79.9. The predicted octanol–water partition coefficient (Wildman–Crippen LogP) is 6.02. The number of halogens is 2. The standard InChI is InChI=1S/C26H20Br2N2O4/c1-2-17-5-3-4-6-23(17)30-25(32)21(24(31)29-26(30)33)13-16-7-11-20(12-8-16)34-15-18-9-10-19(27)14-22(18)28/h3-14H,2,15H2,1H3,(H,29,31,33)/b21-13+. The molecule has 8 heteroatoms. The minimum atomic E-state index is -0.754. The third-order valence-electron chi connectivity index (χ3n) is 5.32. The first-order valence-electron chi connectivity index (χ1n) is 10.5. The van der Waals surface area contributed by atoms with Crippen molar-refractivity contribution < 1.29 is 19.1 Å². The van der Waals surface area contributed by atoms with Gasteiger partial charge in [0.15, 0.2) is 0 Å². The Bertz CT molecular complexity index is 1300. The number of aryl methyl sites for hydroxylation is 1. The molecule has 1 saturated heterocycles. The number of carbonyl (C=O) groups excluding carboxylic acids is 3. The molecule has 0 aromatic heterocycles. The Morgan fingerprint density at radius 3 is 2.38 bits per heavy atom. The zero-order valence-electron chi connectivity index (χ0n) is 18.2. The first kappa shape index (κ1) is 23.9. The molecule has 172 valence electrons. The minimum absolute atomic E-state index is 0.113. The van der Waals surface area contributed by atoms with Gasteiger partial charge in [0.25, 0.3) is 11.8 Å². The summed E-state index contributed by atoms with van der Waals surface area (Å²) >= 11 is 6.94. The van der Waals surface area contributed by atoms with E-state index in [0.29, 0.717) is 30.0 Å². The van der Waals surface area contributed by atoms with Gasteiger partial charge in [0, 0.05) is 14.5 Å². The molecule has 1 fully saturated rings. The van der Waals surface area contributed by atoms with Gasteiger partial charge < -0.3 is 4.74 Å². The summed E-state index contributed by atoms with van der Waals surface area (Å²) in [7, 11) is 0. The average molecular weight is 584 g/mol. The van der Waals surface area contributed by atoms with Gasteiger partial charge in [0.2, 0.25) is 0 Å². The molecule has 1 N–H and O–H groups in total. The van der Waals surface area contributed by atoms with Gasteiger partial charge in [0.05, 0.1) is 5.69 Å². The largest absolute Gasteiger partial charge is 0.489 e. The van der Waals surface area contributed by atoms with Gasteiger partial charge in [-0.15, -0.1) is 0 Å². The van der Waals surface area contributed by atoms with Crippen molar-refractivity contribution in [2.75, 3.05) is 4.90 Å².